The fourth-order valence-electron chi connectivity index (χ4n) is 3.33. The lowest BCUT2D eigenvalue weighted by atomic mass is 9.90. The average molecular weight is 274 g/mol. The summed E-state index contributed by atoms with van der Waals surface area (Å²) in [6.45, 7) is 6.66. The van der Waals surface area contributed by atoms with Gasteiger partial charge in [-0.05, 0) is 51.8 Å². The van der Waals surface area contributed by atoms with Crippen molar-refractivity contribution in [1.82, 2.24) is 10.2 Å². The lowest BCUT2D eigenvalue weighted by Crippen LogP contribution is -2.42. The van der Waals surface area contributed by atoms with Crippen LogP contribution < -0.4 is 5.32 Å². The third-order valence-corrected chi connectivity index (χ3v) is 4.47. The quantitative estimate of drug-likeness (QED) is 0.850. The molecular weight excluding hydrogens is 244 g/mol. The van der Waals surface area contributed by atoms with Crippen LogP contribution in [0, 0.1) is 6.92 Å². The number of rotatable bonds is 6. The minimum atomic E-state index is 0.730. The number of hydrogen-bond acceptors (Lipinski definition) is 2. The molecule has 0 amide bonds. The van der Waals surface area contributed by atoms with Gasteiger partial charge in [0, 0.05) is 18.6 Å². The molecule has 2 rings (SSSR count). The molecule has 112 valence electrons. The standard InChI is InChI=1S/C18H30N2/c1-4-11-19-17-9-6-10-18(13-17)20(3)14-16-8-5-7-15(2)12-16/h5,7-8,12,17-19H,4,6,9-11,13-14H2,1-3H3. The fraction of sp³-hybridized carbons (Fsp3) is 0.667. The van der Waals surface area contributed by atoms with Gasteiger partial charge in [0.2, 0.25) is 0 Å². The van der Waals surface area contributed by atoms with E-state index in [1.54, 1.807) is 0 Å². The van der Waals surface area contributed by atoms with Gasteiger partial charge in [0.1, 0.15) is 0 Å². The Morgan fingerprint density at radius 3 is 2.90 bits per heavy atom. The molecule has 20 heavy (non-hydrogen) atoms. The van der Waals surface area contributed by atoms with Crippen molar-refractivity contribution in [3.8, 4) is 0 Å². The maximum atomic E-state index is 3.70. The molecule has 0 heterocycles. The van der Waals surface area contributed by atoms with Crippen LogP contribution >= 0.6 is 0 Å². The van der Waals surface area contributed by atoms with Gasteiger partial charge in [-0.2, -0.15) is 0 Å². The molecule has 0 saturated heterocycles. The van der Waals surface area contributed by atoms with Crippen LogP contribution in [0.15, 0.2) is 24.3 Å². The largest absolute Gasteiger partial charge is 0.314 e. The van der Waals surface area contributed by atoms with Gasteiger partial charge in [0.25, 0.3) is 0 Å². The summed E-state index contributed by atoms with van der Waals surface area (Å²) >= 11 is 0. The Kier molecular flexibility index (Phi) is 6.06. The van der Waals surface area contributed by atoms with E-state index in [9.17, 15) is 0 Å². The molecule has 1 aromatic rings. The lowest BCUT2D eigenvalue weighted by Gasteiger charge is -2.36. The second kappa shape index (κ2) is 7.80. The van der Waals surface area contributed by atoms with Crippen LogP contribution in [0.5, 0.6) is 0 Å². The van der Waals surface area contributed by atoms with Gasteiger partial charge < -0.3 is 5.32 Å². The van der Waals surface area contributed by atoms with E-state index in [0.717, 1.165) is 18.6 Å². The monoisotopic (exact) mass is 274 g/mol. The maximum absolute atomic E-state index is 3.70. The van der Waals surface area contributed by atoms with Gasteiger partial charge in [0.15, 0.2) is 0 Å². The minimum Gasteiger partial charge on any atom is -0.314 e. The third kappa shape index (κ3) is 4.60. The van der Waals surface area contributed by atoms with E-state index in [-0.39, 0.29) is 0 Å². The Bertz CT molecular complexity index is 402. The molecule has 1 aliphatic carbocycles. The molecule has 2 unspecified atom stereocenters. The summed E-state index contributed by atoms with van der Waals surface area (Å²) in [4.78, 5) is 2.55. The van der Waals surface area contributed by atoms with Crippen LogP contribution in [-0.4, -0.2) is 30.6 Å². The first kappa shape index (κ1) is 15.5. The average Bonchev–Trinajstić information content (AvgIpc) is 2.45. The van der Waals surface area contributed by atoms with E-state index in [0.29, 0.717) is 0 Å². The van der Waals surface area contributed by atoms with Gasteiger partial charge in [-0.1, -0.05) is 43.2 Å². The zero-order valence-electron chi connectivity index (χ0n) is 13.4. The van der Waals surface area contributed by atoms with Gasteiger partial charge in [-0.25, -0.2) is 0 Å². The number of aryl methyl sites for hydroxylation is 1. The summed E-state index contributed by atoms with van der Waals surface area (Å²) in [5.74, 6) is 0. The van der Waals surface area contributed by atoms with Crippen molar-refractivity contribution in [3.63, 3.8) is 0 Å². The third-order valence-electron chi connectivity index (χ3n) is 4.47. The van der Waals surface area contributed by atoms with Crippen molar-refractivity contribution in [3.05, 3.63) is 35.4 Å². The van der Waals surface area contributed by atoms with Crippen LogP contribution in [-0.2, 0) is 6.54 Å². The predicted octanol–water partition coefficient (Wildman–Crippen LogP) is 3.74. The van der Waals surface area contributed by atoms with Crippen LogP contribution in [0.25, 0.3) is 0 Å². The van der Waals surface area contributed by atoms with E-state index >= 15 is 0 Å². The summed E-state index contributed by atoms with van der Waals surface area (Å²) in [5, 5.41) is 3.70. The summed E-state index contributed by atoms with van der Waals surface area (Å²) in [7, 11) is 2.29. The molecule has 1 saturated carbocycles. The van der Waals surface area contributed by atoms with Crippen LogP contribution in [0.4, 0.5) is 0 Å². The second-order valence-corrected chi connectivity index (χ2v) is 6.38. The Hall–Kier alpha value is -0.860. The van der Waals surface area contributed by atoms with Crippen molar-refractivity contribution in [2.75, 3.05) is 13.6 Å². The van der Waals surface area contributed by atoms with E-state index in [1.165, 1.54) is 49.8 Å². The molecule has 2 heteroatoms. The molecule has 1 aliphatic rings. The lowest BCUT2D eigenvalue weighted by molar-refractivity contribution is 0.163. The molecule has 0 spiro atoms. The number of nitrogens with one attached hydrogen (secondary N) is 1. The molecule has 0 bridgehead atoms. The number of hydrogen-bond donors (Lipinski definition) is 1. The molecule has 0 radical (unpaired) electrons. The van der Waals surface area contributed by atoms with Crippen molar-refractivity contribution in [2.24, 2.45) is 0 Å². The SMILES string of the molecule is CCCNC1CCCC(N(C)Cc2cccc(C)c2)C1. The highest BCUT2D eigenvalue weighted by atomic mass is 15.1. The molecule has 0 aromatic heterocycles. The van der Waals surface area contributed by atoms with E-state index in [1.807, 2.05) is 0 Å². The first-order chi connectivity index (χ1) is 9.69. The number of benzene rings is 1. The van der Waals surface area contributed by atoms with E-state index in [2.05, 4.69) is 55.4 Å². The summed E-state index contributed by atoms with van der Waals surface area (Å²) in [6.07, 6.45) is 6.62. The first-order valence-corrected chi connectivity index (χ1v) is 8.18. The van der Waals surface area contributed by atoms with Crippen LogP contribution in [0.3, 0.4) is 0 Å². The molecule has 1 aromatic carbocycles. The van der Waals surface area contributed by atoms with Crippen molar-refractivity contribution in [2.45, 2.75) is 64.6 Å². The van der Waals surface area contributed by atoms with Crippen LogP contribution in [0.2, 0.25) is 0 Å². The smallest absolute Gasteiger partial charge is 0.0233 e. The van der Waals surface area contributed by atoms with Crippen molar-refractivity contribution < 1.29 is 0 Å². The van der Waals surface area contributed by atoms with Crippen LogP contribution in [0.1, 0.15) is 50.2 Å². The highest BCUT2D eigenvalue weighted by Crippen LogP contribution is 2.23. The topological polar surface area (TPSA) is 15.3 Å². The Balaban J connectivity index is 1.86. The van der Waals surface area contributed by atoms with Crippen molar-refractivity contribution in [1.29, 1.82) is 0 Å². The zero-order chi connectivity index (χ0) is 14.4. The zero-order valence-corrected chi connectivity index (χ0v) is 13.4. The molecule has 1 fully saturated rings. The van der Waals surface area contributed by atoms with E-state index < -0.39 is 0 Å². The summed E-state index contributed by atoms with van der Waals surface area (Å²) in [6, 6.07) is 10.4. The van der Waals surface area contributed by atoms with Gasteiger partial charge in [-0.15, -0.1) is 0 Å². The Morgan fingerprint density at radius 2 is 2.15 bits per heavy atom. The highest BCUT2D eigenvalue weighted by Gasteiger charge is 2.24. The predicted molar refractivity (Wildman–Crippen MR) is 87.0 cm³/mol. The molecule has 2 nitrogen and oxygen atoms in total. The normalized spacial score (nSPS) is 23.2. The van der Waals surface area contributed by atoms with Gasteiger partial charge in [-0.3, -0.25) is 4.90 Å². The van der Waals surface area contributed by atoms with Gasteiger partial charge >= 0.3 is 0 Å². The highest BCUT2D eigenvalue weighted by molar-refractivity contribution is 5.22. The maximum Gasteiger partial charge on any atom is 0.0233 e. The fourth-order valence-corrected chi connectivity index (χ4v) is 3.33. The van der Waals surface area contributed by atoms with E-state index in [4.69, 9.17) is 0 Å². The molecule has 2 atom stereocenters. The summed E-state index contributed by atoms with van der Waals surface area (Å²) in [5.41, 5.74) is 2.80. The minimum absolute atomic E-state index is 0.730. The Labute approximate surface area is 124 Å². The first-order valence-electron chi connectivity index (χ1n) is 8.18. The summed E-state index contributed by atoms with van der Waals surface area (Å²) < 4.78 is 0. The molecule has 0 aliphatic heterocycles. The Morgan fingerprint density at radius 1 is 1.30 bits per heavy atom. The molecule has 1 N–H and O–H groups in total. The number of nitrogens with zero attached hydrogens (tertiary/aromatic N) is 1. The molecular formula is C18H30N2. The second-order valence-electron chi connectivity index (χ2n) is 6.38. The van der Waals surface area contributed by atoms with Crippen molar-refractivity contribution >= 4 is 0 Å². The van der Waals surface area contributed by atoms with Gasteiger partial charge in [0.05, 0.1) is 0 Å².